The number of hydrogen-bond donors (Lipinski definition) is 0. The van der Waals surface area contributed by atoms with Crippen molar-refractivity contribution in [2.24, 2.45) is 0 Å². The molecule has 2 aliphatic heterocycles. The summed E-state index contributed by atoms with van der Waals surface area (Å²) in [6.45, 7) is 46.3. The summed E-state index contributed by atoms with van der Waals surface area (Å²) in [5, 5.41) is 0. The number of aryl methyl sites for hydroxylation is 1. The van der Waals surface area contributed by atoms with E-state index in [1.165, 1.54) is 101 Å². The van der Waals surface area contributed by atoms with Crippen LogP contribution in [0, 0.1) is 6.92 Å². The molecule has 3 aliphatic carbocycles. The zero-order valence-electron chi connectivity index (χ0n) is 42.5. The number of benzene rings is 5. The lowest BCUT2D eigenvalue weighted by molar-refractivity contribution is 0.402. The van der Waals surface area contributed by atoms with Crippen molar-refractivity contribution in [2.75, 3.05) is 9.80 Å². The molecule has 1 unspecified atom stereocenters. The van der Waals surface area contributed by atoms with Crippen LogP contribution in [0.3, 0.4) is 0 Å². The zero-order valence-corrected chi connectivity index (χ0v) is 42.5. The Morgan fingerprint density at radius 2 is 0.825 bits per heavy atom. The van der Waals surface area contributed by atoms with Crippen molar-refractivity contribution in [3.05, 3.63) is 140 Å². The molecular weight excluding hydrogens is 761 g/mol. The Balaban J connectivity index is 1.36. The minimum absolute atomic E-state index is 0.00547. The third-order valence-electron chi connectivity index (χ3n) is 16.8. The van der Waals surface area contributed by atoms with Crippen LogP contribution in [0.1, 0.15) is 217 Å². The van der Waals surface area contributed by atoms with Gasteiger partial charge in [0.1, 0.15) is 0 Å². The predicted molar refractivity (Wildman–Crippen MR) is 271 cm³/mol. The van der Waals surface area contributed by atoms with E-state index in [0.29, 0.717) is 0 Å². The third-order valence-corrected chi connectivity index (χ3v) is 16.8. The van der Waals surface area contributed by atoms with E-state index in [-0.39, 0.29) is 49.2 Å². The van der Waals surface area contributed by atoms with E-state index in [9.17, 15) is 0 Å². The second-order valence-electron chi connectivity index (χ2n) is 27.0. The van der Waals surface area contributed by atoms with Crippen molar-refractivity contribution < 1.29 is 0 Å². The normalized spacial score (nSPS) is 22.2. The summed E-state index contributed by atoms with van der Waals surface area (Å²) in [7, 11) is 0. The first-order valence-electron chi connectivity index (χ1n) is 24.3. The van der Waals surface area contributed by atoms with Crippen LogP contribution in [-0.4, -0.2) is 0 Å². The van der Waals surface area contributed by atoms with E-state index in [2.05, 4.69) is 214 Å². The molecule has 0 aromatic heterocycles. The van der Waals surface area contributed by atoms with Gasteiger partial charge in [-0.15, -0.1) is 0 Å². The fraction of sp³-hybridized carbons (Fsp3) is 0.508. The van der Waals surface area contributed by atoms with Crippen molar-refractivity contribution >= 4 is 34.1 Å². The summed E-state index contributed by atoms with van der Waals surface area (Å²) in [6, 6.07) is 30.8. The number of hydrogen-bond acceptors (Lipinski definition) is 2. The summed E-state index contributed by atoms with van der Waals surface area (Å²) in [5.74, 6) is 0.0789. The smallest absolute Gasteiger partial charge is 0.0527 e. The van der Waals surface area contributed by atoms with Gasteiger partial charge in [0, 0.05) is 22.9 Å². The van der Waals surface area contributed by atoms with Crippen LogP contribution in [0.2, 0.25) is 0 Å². The molecule has 63 heavy (non-hydrogen) atoms. The molecule has 10 rings (SSSR count). The largest absolute Gasteiger partial charge is 0.310 e. The first-order chi connectivity index (χ1) is 28.8. The molecule has 0 saturated carbocycles. The Hall–Kier alpha value is -4.30. The van der Waals surface area contributed by atoms with Crippen LogP contribution in [0.25, 0.3) is 0 Å². The van der Waals surface area contributed by atoms with Gasteiger partial charge in [0.2, 0.25) is 0 Å². The van der Waals surface area contributed by atoms with E-state index >= 15 is 0 Å². The second kappa shape index (κ2) is 12.5. The molecule has 5 aliphatic rings. The predicted octanol–water partition coefficient (Wildman–Crippen LogP) is 17.2. The van der Waals surface area contributed by atoms with Crippen molar-refractivity contribution in [2.45, 2.75) is 200 Å². The topological polar surface area (TPSA) is 6.48 Å². The average Bonchev–Trinajstić information content (AvgIpc) is 3.54. The second-order valence-corrected chi connectivity index (χ2v) is 27.0. The molecule has 0 radical (unpaired) electrons. The molecule has 330 valence electrons. The van der Waals surface area contributed by atoms with Crippen LogP contribution in [-0.2, 0) is 43.3 Å². The summed E-state index contributed by atoms with van der Waals surface area (Å²) in [5.41, 5.74) is 25.8. The Labute approximate surface area is 381 Å². The maximum atomic E-state index is 2.75. The molecule has 1 atom stereocenters. The molecule has 0 saturated heterocycles. The standard InChI is InChI=1S/C61H76N2/c1-35-24-42-45(60(16,17)33-57(42,10)11)30-47(35)63-49-31-46-44(59(14,15)34-61(46,18)19)29-40(49)52-39-22-20-36(54(2,3)4)25-48(39)62(50-26-37(55(5,6)7)27-51(63)53(50)52)38-21-23-41-43(28-38)58(12,13)32-56(41,8)9/h20-31,52H,32-34H2,1-19H3. The minimum Gasteiger partial charge on any atom is -0.310 e. The fourth-order valence-electron chi connectivity index (χ4n) is 14.4. The van der Waals surface area contributed by atoms with E-state index in [1.807, 2.05) is 0 Å². The Bertz CT molecular complexity index is 2800. The maximum Gasteiger partial charge on any atom is 0.0527 e. The summed E-state index contributed by atoms with van der Waals surface area (Å²) in [4.78, 5) is 5.45. The lowest BCUT2D eigenvalue weighted by atomic mass is 9.71. The maximum absolute atomic E-state index is 2.75. The van der Waals surface area contributed by atoms with Gasteiger partial charge in [-0.25, -0.2) is 0 Å². The molecule has 5 aromatic rings. The zero-order chi connectivity index (χ0) is 45.7. The molecule has 0 fully saturated rings. The van der Waals surface area contributed by atoms with E-state index < -0.39 is 0 Å². The van der Waals surface area contributed by atoms with Gasteiger partial charge in [0.25, 0.3) is 0 Å². The minimum atomic E-state index is -0.0843. The van der Waals surface area contributed by atoms with Gasteiger partial charge in [-0.05, 0) is 173 Å². The van der Waals surface area contributed by atoms with E-state index in [4.69, 9.17) is 0 Å². The fourth-order valence-corrected chi connectivity index (χ4v) is 14.4. The SMILES string of the molecule is Cc1cc2c(cc1N1c3cc4c(cc3C3c5ccc(C(C)(C)C)cc5N(c5ccc6c(c5)C(C)(C)CC6(C)C)c5cc(C(C)(C)C)cc1c53)C(C)(C)CC4(C)C)C(C)(C)CC2(C)C. The lowest BCUT2D eigenvalue weighted by Gasteiger charge is -2.47. The van der Waals surface area contributed by atoms with Gasteiger partial charge >= 0.3 is 0 Å². The molecule has 0 bridgehead atoms. The highest BCUT2D eigenvalue weighted by atomic mass is 15.2. The highest BCUT2D eigenvalue weighted by Gasteiger charge is 2.49. The molecule has 2 heteroatoms. The number of rotatable bonds is 2. The van der Waals surface area contributed by atoms with Crippen LogP contribution in [0.4, 0.5) is 34.1 Å². The van der Waals surface area contributed by atoms with Crippen LogP contribution >= 0.6 is 0 Å². The Kier molecular flexibility index (Phi) is 8.48. The summed E-state index contributed by atoms with van der Waals surface area (Å²) in [6.07, 6.45) is 3.44. The van der Waals surface area contributed by atoms with Crippen LogP contribution in [0.5, 0.6) is 0 Å². The van der Waals surface area contributed by atoms with Crippen molar-refractivity contribution in [3.63, 3.8) is 0 Å². The van der Waals surface area contributed by atoms with E-state index in [0.717, 1.165) is 19.3 Å². The first-order valence-corrected chi connectivity index (χ1v) is 24.3. The highest BCUT2D eigenvalue weighted by Crippen LogP contribution is 2.65. The van der Waals surface area contributed by atoms with Crippen molar-refractivity contribution in [1.29, 1.82) is 0 Å². The molecule has 2 heterocycles. The lowest BCUT2D eigenvalue weighted by Crippen LogP contribution is -2.31. The van der Waals surface area contributed by atoms with Gasteiger partial charge in [0.05, 0.1) is 22.7 Å². The van der Waals surface area contributed by atoms with Crippen molar-refractivity contribution in [1.82, 2.24) is 0 Å². The number of nitrogens with zero attached hydrogens (tertiary/aromatic N) is 2. The van der Waals surface area contributed by atoms with Gasteiger partial charge in [0.15, 0.2) is 0 Å². The van der Waals surface area contributed by atoms with Gasteiger partial charge < -0.3 is 9.80 Å². The molecular formula is C61H76N2. The number of anilines is 6. The molecule has 2 nitrogen and oxygen atoms in total. The first kappa shape index (κ1) is 42.6. The summed E-state index contributed by atoms with van der Waals surface area (Å²) >= 11 is 0. The van der Waals surface area contributed by atoms with Crippen LogP contribution < -0.4 is 9.80 Å². The molecule has 0 N–H and O–H groups in total. The van der Waals surface area contributed by atoms with Gasteiger partial charge in [-0.1, -0.05) is 155 Å². The molecule has 0 spiro atoms. The summed E-state index contributed by atoms with van der Waals surface area (Å²) < 4.78 is 0. The highest BCUT2D eigenvalue weighted by molar-refractivity contribution is 5.98. The van der Waals surface area contributed by atoms with E-state index in [1.54, 1.807) is 0 Å². The van der Waals surface area contributed by atoms with Gasteiger partial charge in [-0.2, -0.15) is 0 Å². The Morgan fingerprint density at radius 1 is 0.397 bits per heavy atom. The Morgan fingerprint density at radius 3 is 1.37 bits per heavy atom. The molecule has 0 amide bonds. The molecule has 5 aromatic carbocycles. The monoisotopic (exact) mass is 837 g/mol. The average molecular weight is 837 g/mol. The van der Waals surface area contributed by atoms with Crippen molar-refractivity contribution in [3.8, 4) is 0 Å². The quantitative estimate of drug-likeness (QED) is 0.171. The van der Waals surface area contributed by atoms with Crippen LogP contribution in [0.15, 0.2) is 72.8 Å². The third kappa shape index (κ3) is 6.07. The van der Waals surface area contributed by atoms with Gasteiger partial charge in [-0.3, -0.25) is 0 Å². The number of fused-ring (bicyclic) bond motifs is 7.